The fraction of sp³-hybridized carbons (Fsp3) is 0.722. The standard InChI is InChI=1S/C18H27N3O3/c1-12-10-19-15(20-16(12)23-14-5-6-14)9-13-7-8-21(11-13)17(22)24-18(2,3)4/h10,13-14H,5-9,11H2,1-4H3/t13-/m0/s1. The van der Waals surface area contributed by atoms with Crippen LogP contribution in [0.2, 0.25) is 0 Å². The van der Waals surface area contributed by atoms with Gasteiger partial charge in [-0.1, -0.05) is 0 Å². The first-order chi connectivity index (χ1) is 11.3. The highest BCUT2D eigenvalue weighted by Gasteiger charge is 2.30. The molecule has 0 unspecified atom stereocenters. The highest BCUT2D eigenvalue weighted by atomic mass is 16.6. The molecule has 3 rings (SSSR count). The number of nitrogens with zero attached hydrogens (tertiary/aromatic N) is 3. The van der Waals surface area contributed by atoms with Crippen molar-refractivity contribution in [2.45, 2.75) is 65.1 Å². The van der Waals surface area contributed by atoms with Gasteiger partial charge in [-0.25, -0.2) is 9.78 Å². The van der Waals surface area contributed by atoms with Crippen LogP contribution in [-0.2, 0) is 11.2 Å². The summed E-state index contributed by atoms with van der Waals surface area (Å²) >= 11 is 0. The lowest BCUT2D eigenvalue weighted by atomic mass is 10.0. The first kappa shape index (κ1) is 17.0. The lowest BCUT2D eigenvalue weighted by Crippen LogP contribution is -2.35. The van der Waals surface area contributed by atoms with Crippen LogP contribution >= 0.6 is 0 Å². The highest BCUT2D eigenvalue weighted by molar-refractivity contribution is 5.68. The highest BCUT2D eigenvalue weighted by Crippen LogP contribution is 2.28. The fourth-order valence-electron chi connectivity index (χ4n) is 2.77. The summed E-state index contributed by atoms with van der Waals surface area (Å²) in [6.07, 6.45) is 5.89. The molecule has 132 valence electrons. The van der Waals surface area contributed by atoms with E-state index in [9.17, 15) is 4.79 Å². The molecule has 1 saturated heterocycles. The van der Waals surface area contributed by atoms with Crippen molar-refractivity contribution in [2.24, 2.45) is 5.92 Å². The van der Waals surface area contributed by atoms with E-state index in [1.54, 1.807) is 4.90 Å². The third-order valence-corrected chi connectivity index (χ3v) is 4.19. The molecular formula is C18H27N3O3. The van der Waals surface area contributed by atoms with E-state index in [4.69, 9.17) is 9.47 Å². The fourth-order valence-corrected chi connectivity index (χ4v) is 2.77. The molecule has 1 aromatic rings. The zero-order valence-electron chi connectivity index (χ0n) is 15.0. The van der Waals surface area contributed by atoms with Gasteiger partial charge in [0.05, 0.1) is 0 Å². The number of carbonyl (C=O) groups is 1. The van der Waals surface area contributed by atoms with Crippen molar-refractivity contribution >= 4 is 6.09 Å². The molecule has 1 saturated carbocycles. The van der Waals surface area contributed by atoms with Gasteiger partial charge in [-0.3, -0.25) is 0 Å². The van der Waals surface area contributed by atoms with Gasteiger partial charge in [-0.05, 0) is 52.9 Å². The van der Waals surface area contributed by atoms with Crippen LogP contribution in [0.5, 0.6) is 5.88 Å². The molecule has 2 heterocycles. The Morgan fingerprint density at radius 2 is 2.08 bits per heavy atom. The molecule has 6 nitrogen and oxygen atoms in total. The minimum atomic E-state index is -0.454. The van der Waals surface area contributed by atoms with Crippen LogP contribution in [0.25, 0.3) is 0 Å². The Kier molecular flexibility index (Phi) is 4.65. The van der Waals surface area contributed by atoms with Gasteiger partial charge >= 0.3 is 6.09 Å². The van der Waals surface area contributed by atoms with E-state index in [0.29, 0.717) is 24.4 Å². The molecule has 0 aromatic carbocycles. The van der Waals surface area contributed by atoms with E-state index in [-0.39, 0.29) is 6.09 Å². The molecule has 24 heavy (non-hydrogen) atoms. The van der Waals surface area contributed by atoms with Gasteiger partial charge in [0, 0.05) is 31.3 Å². The van der Waals surface area contributed by atoms with Crippen molar-refractivity contribution in [3.63, 3.8) is 0 Å². The molecular weight excluding hydrogens is 306 g/mol. The van der Waals surface area contributed by atoms with E-state index < -0.39 is 5.60 Å². The summed E-state index contributed by atoms with van der Waals surface area (Å²) < 4.78 is 11.3. The average molecular weight is 333 g/mol. The van der Waals surface area contributed by atoms with E-state index in [2.05, 4.69) is 9.97 Å². The number of rotatable bonds is 4. The number of hydrogen-bond acceptors (Lipinski definition) is 5. The quantitative estimate of drug-likeness (QED) is 0.847. The van der Waals surface area contributed by atoms with Crippen LogP contribution in [-0.4, -0.2) is 45.8 Å². The lowest BCUT2D eigenvalue weighted by molar-refractivity contribution is 0.0288. The third-order valence-electron chi connectivity index (χ3n) is 4.19. The summed E-state index contributed by atoms with van der Waals surface area (Å²) in [6, 6.07) is 0. The molecule has 1 aliphatic carbocycles. The number of carbonyl (C=O) groups excluding carboxylic acids is 1. The Hall–Kier alpha value is -1.85. The Bertz CT molecular complexity index is 608. The monoisotopic (exact) mass is 333 g/mol. The Balaban J connectivity index is 1.56. The maximum Gasteiger partial charge on any atom is 0.410 e. The van der Waals surface area contributed by atoms with E-state index >= 15 is 0 Å². The first-order valence-corrected chi connectivity index (χ1v) is 8.77. The minimum Gasteiger partial charge on any atom is -0.474 e. The summed E-state index contributed by atoms with van der Waals surface area (Å²) in [4.78, 5) is 22.9. The smallest absolute Gasteiger partial charge is 0.410 e. The predicted molar refractivity (Wildman–Crippen MR) is 90.0 cm³/mol. The molecule has 6 heteroatoms. The molecule has 0 bridgehead atoms. The van der Waals surface area contributed by atoms with Crippen LogP contribution in [0.4, 0.5) is 4.79 Å². The molecule has 2 aliphatic rings. The van der Waals surface area contributed by atoms with Crippen molar-refractivity contribution in [2.75, 3.05) is 13.1 Å². The molecule has 1 aliphatic heterocycles. The second kappa shape index (κ2) is 6.57. The second-order valence-corrected chi connectivity index (χ2v) is 7.88. The van der Waals surface area contributed by atoms with Crippen LogP contribution in [0.3, 0.4) is 0 Å². The van der Waals surface area contributed by atoms with Crippen molar-refractivity contribution in [3.05, 3.63) is 17.6 Å². The van der Waals surface area contributed by atoms with Crippen molar-refractivity contribution < 1.29 is 14.3 Å². The van der Waals surface area contributed by atoms with Gasteiger partial charge in [-0.15, -0.1) is 0 Å². The maximum atomic E-state index is 12.1. The van der Waals surface area contributed by atoms with Crippen LogP contribution < -0.4 is 4.74 Å². The van der Waals surface area contributed by atoms with E-state index in [1.807, 2.05) is 33.9 Å². The molecule has 1 amide bonds. The average Bonchev–Trinajstić information content (AvgIpc) is 3.16. The van der Waals surface area contributed by atoms with Gasteiger partial charge in [0.1, 0.15) is 17.5 Å². The van der Waals surface area contributed by atoms with Gasteiger partial charge in [0.25, 0.3) is 0 Å². The van der Waals surface area contributed by atoms with Gasteiger partial charge < -0.3 is 14.4 Å². The van der Waals surface area contributed by atoms with E-state index in [0.717, 1.165) is 43.6 Å². The van der Waals surface area contributed by atoms with Crippen molar-refractivity contribution in [3.8, 4) is 5.88 Å². The summed E-state index contributed by atoms with van der Waals surface area (Å²) in [5.41, 5.74) is 0.525. The summed E-state index contributed by atoms with van der Waals surface area (Å²) in [7, 11) is 0. The zero-order chi connectivity index (χ0) is 17.3. The summed E-state index contributed by atoms with van der Waals surface area (Å²) in [6.45, 7) is 9.07. The maximum absolute atomic E-state index is 12.1. The van der Waals surface area contributed by atoms with Crippen LogP contribution in [0, 0.1) is 12.8 Å². The predicted octanol–water partition coefficient (Wildman–Crippen LogP) is 3.13. The number of ether oxygens (including phenoxy) is 2. The van der Waals surface area contributed by atoms with Crippen LogP contribution in [0.1, 0.15) is 51.4 Å². The molecule has 0 N–H and O–H groups in total. The lowest BCUT2D eigenvalue weighted by Gasteiger charge is -2.24. The topological polar surface area (TPSA) is 64.6 Å². The summed E-state index contributed by atoms with van der Waals surface area (Å²) in [5, 5.41) is 0. The van der Waals surface area contributed by atoms with E-state index in [1.165, 1.54) is 0 Å². The number of aryl methyl sites for hydroxylation is 1. The number of amides is 1. The Morgan fingerprint density at radius 3 is 2.75 bits per heavy atom. The normalized spacial score (nSPS) is 21.0. The van der Waals surface area contributed by atoms with Crippen molar-refractivity contribution in [1.82, 2.24) is 14.9 Å². The SMILES string of the molecule is Cc1cnc(C[C@@H]2CCN(C(=O)OC(C)(C)C)C2)nc1OC1CC1. The second-order valence-electron chi connectivity index (χ2n) is 7.88. The number of likely N-dealkylation sites (tertiary alicyclic amines) is 1. The zero-order valence-corrected chi connectivity index (χ0v) is 15.0. The van der Waals surface area contributed by atoms with Crippen LogP contribution in [0.15, 0.2) is 6.20 Å². The van der Waals surface area contributed by atoms with Gasteiger partial charge in [0.2, 0.25) is 5.88 Å². The summed E-state index contributed by atoms with van der Waals surface area (Å²) in [5.74, 6) is 1.88. The molecule has 1 aromatic heterocycles. The Labute approximate surface area is 143 Å². The largest absolute Gasteiger partial charge is 0.474 e. The Morgan fingerprint density at radius 1 is 1.33 bits per heavy atom. The number of aromatic nitrogens is 2. The molecule has 0 spiro atoms. The molecule has 1 atom stereocenters. The third kappa shape index (κ3) is 4.58. The van der Waals surface area contributed by atoms with Crippen molar-refractivity contribution in [1.29, 1.82) is 0 Å². The molecule has 2 fully saturated rings. The number of hydrogen-bond donors (Lipinski definition) is 0. The molecule has 0 radical (unpaired) electrons. The first-order valence-electron chi connectivity index (χ1n) is 8.77. The van der Waals surface area contributed by atoms with Gasteiger partial charge in [-0.2, -0.15) is 4.98 Å². The minimum absolute atomic E-state index is 0.229. The van der Waals surface area contributed by atoms with Gasteiger partial charge in [0.15, 0.2) is 0 Å².